The lowest BCUT2D eigenvalue weighted by atomic mass is 9.77. The minimum absolute atomic E-state index is 0.0167. The average molecular weight is 336 g/mol. The molecular weight excluding hydrogens is 312 g/mol. The van der Waals surface area contributed by atoms with Gasteiger partial charge in [-0.05, 0) is 38.7 Å². The van der Waals surface area contributed by atoms with Crippen molar-refractivity contribution in [2.45, 2.75) is 38.9 Å². The molecule has 1 aromatic carbocycles. The van der Waals surface area contributed by atoms with E-state index < -0.39 is 18.3 Å². The molecule has 124 valence electrons. The fourth-order valence-electron chi connectivity index (χ4n) is 2.27. The first-order valence-corrected chi connectivity index (χ1v) is 8.19. The highest BCUT2D eigenvalue weighted by Gasteiger charge is 2.52. The van der Waals surface area contributed by atoms with Crippen LogP contribution in [0.1, 0.15) is 43.6 Å². The second-order valence-electron chi connectivity index (χ2n) is 6.69. The van der Waals surface area contributed by atoms with Crippen molar-refractivity contribution in [1.29, 1.82) is 0 Å². The molecule has 1 saturated heterocycles. The van der Waals surface area contributed by atoms with Gasteiger partial charge in [0.15, 0.2) is 5.78 Å². The number of carbonyl (C=O) groups excluding carboxylic acids is 1. The normalized spacial score (nSPS) is 19.9. The first-order valence-electron chi connectivity index (χ1n) is 7.65. The molecule has 1 aliphatic rings. The fourth-order valence-corrected chi connectivity index (χ4v) is 2.43. The van der Waals surface area contributed by atoms with Crippen LogP contribution in [0.15, 0.2) is 29.7 Å². The van der Waals surface area contributed by atoms with E-state index in [0.717, 1.165) is 11.0 Å². The van der Waals surface area contributed by atoms with Crippen molar-refractivity contribution in [3.63, 3.8) is 0 Å². The first kappa shape index (κ1) is 18.2. The summed E-state index contributed by atoms with van der Waals surface area (Å²) in [7, 11) is -0.464. The van der Waals surface area contributed by atoms with Crippen LogP contribution in [0.3, 0.4) is 0 Å². The van der Waals surface area contributed by atoms with E-state index in [0.29, 0.717) is 12.1 Å². The summed E-state index contributed by atoms with van der Waals surface area (Å²) < 4.78 is 12.1. The van der Waals surface area contributed by atoms with E-state index in [9.17, 15) is 4.79 Å². The number of Topliss-reactive ketones (excluding diaryl/α,β-unsaturated/α-hetero) is 1. The van der Waals surface area contributed by atoms with Gasteiger partial charge in [0, 0.05) is 12.1 Å². The fraction of sp³-hybridized carbons (Fsp3) is 0.471. The SMILES string of the molecule is CC1(C)OB(C(=Cc2ccc(C(=O)CCl)cc2)CN)OC1(C)C. The number of benzene rings is 1. The zero-order chi connectivity index (χ0) is 17.3. The van der Waals surface area contributed by atoms with Gasteiger partial charge in [-0.1, -0.05) is 30.3 Å². The Balaban J connectivity index is 2.21. The molecule has 0 spiro atoms. The van der Waals surface area contributed by atoms with Crippen LogP contribution in [0.5, 0.6) is 0 Å². The van der Waals surface area contributed by atoms with Gasteiger partial charge >= 0.3 is 7.12 Å². The molecule has 1 fully saturated rings. The monoisotopic (exact) mass is 335 g/mol. The Hall–Kier alpha value is -1.14. The number of rotatable bonds is 5. The Labute approximate surface area is 143 Å². The van der Waals surface area contributed by atoms with Gasteiger partial charge in [-0.25, -0.2) is 0 Å². The number of hydrogen-bond donors (Lipinski definition) is 1. The molecule has 0 saturated carbocycles. The second kappa shape index (κ2) is 6.77. The topological polar surface area (TPSA) is 61.5 Å². The lowest BCUT2D eigenvalue weighted by Gasteiger charge is -2.32. The Morgan fingerprint density at radius 3 is 2.13 bits per heavy atom. The summed E-state index contributed by atoms with van der Waals surface area (Å²) >= 11 is 5.56. The maximum absolute atomic E-state index is 11.5. The van der Waals surface area contributed by atoms with E-state index in [1.807, 2.05) is 45.9 Å². The lowest BCUT2D eigenvalue weighted by Crippen LogP contribution is -2.41. The van der Waals surface area contributed by atoms with Gasteiger partial charge in [0.1, 0.15) is 0 Å². The molecule has 0 aromatic heterocycles. The highest BCUT2D eigenvalue weighted by Crippen LogP contribution is 2.38. The van der Waals surface area contributed by atoms with E-state index in [1.54, 1.807) is 12.1 Å². The quantitative estimate of drug-likeness (QED) is 0.510. The van der Waals surface area contributed by atoms with Gasteiger partial charge in [-0.2, -0.15) is 0 Å². The van der Waals surface area contributed by atoms with Crippen LogP contribution in [0.25, 0.3) is 6.08 Å². The third-order valence-electron chi connectivity index (χ3n) is 4.50. The smallest absolute Gasteiger partial charge is 0.400 e. The van der Waals surface area contributed by atoms with Crippen LogP contribution in [0, 0.1) is 0 Å². The van der Waals surface area contributed by atoms with Gasteiger partial charge in [0.05, 0.1) is 17.1 Å². The number of ketones is 1. The number of hydrogen-bond acceptors (Lipinski definition) is 4. The van der Waals surface area contributed by atoms with Crippen LogP contribution < -0.4 is 5.73 Å². The summed E-state index contributed by atoms with van der Waals surface area (Å²) in [5.74, 6) is -0.107. The number of alkyl halides is 1. The summed E-state index contributed by atoms with van der Waals surface area (Å²) in [5, 5.41) is 0. The number of carbonyl (C=O) groups is 1. The van der Waals surface area contributed by atoms with Crippen LogP contribution in [-0.4, -0.2) is 36.5 Å². The van der Waals surface area contributed by atoms with Crippen molar-refractivity contribution < 1.29 is 14.1 Å². The van der Waals surface area contributed by atoms with E-state index >= 15 is 0 Å². The van der Waals surface area contributed by atoms with Gasteiger partial charge in [0.25, 0.3) is 0 Å². The molecule has 1 heterocycles. The van der Waals surface area contributed by atoms with Crippen molar-refractivity contribution in [1.82, 2.24) is 0 Å². The largest absolute Gasteiger partial charge is 0.491 e. The molecule has 1 aromatic rings. The van der Waals surface area contributed by atoms with Gasteiger partial charge < -0.3 is 15.0 Å². The molecule has 0 aliphatic carbocycles. The van der Waals surface area contributed by atoms with Gasteiger partial charge in [-0.15, -0.1) is 11.6 Å². The molecule has 0 amide bonds. The zero-order valence-corrected chi connectivity index (χ0v) is 14.8. The lowest BCUT2D eigenvalue weighted by molar-refractivity contribution is 0.00578. The summed E-state index contributed by atoms with van der Waals surface area (Å²) in [6, 6.07) is 7.24. The van der Waals surface area contributed by atoms with Crippen molar-refractivity contribution >= 4 is 30.6 Å². The number of nitrogens with two attached hydrogens (primary N) is 1. The maximum atomic E-state index is 11.5. The first-order chi connectivity index (χ1) is 10.7. The Morgan fingerprint density at radius 2 is 1.70 bits per heavy atom. The van der Waals surface area contributed by atoms with Gasteiger partial charge in [0.2, 0.25) is 0 Å². The van der Waals surface area contributed by atoms with Crippen LogP contribution in [-0.2, 0) is 9.31 Å². The van der Waals surface area contributed by atoms with Crippen LogP contribution >= 0.6 is 11.6 Å². The van der Waals surface area contributed by atoms with E-state index in [-0.39, 0.29) is 11.7 Å². The van der Waals surface area contributed by atoms with Crippen molar-refractivity contribution in [3.05, 3.63) is 40.9 Å². The highest BCUT2D eigenvalue weighted by atomic mass is 35.5. The highest BCUT2D eigenvalue weighted by molar-refractivity contribution is 6.55. The predicted molar refractivity (Wildman–Crippen MR) is 94.6 cm³/mol. The van der Waals surface area contributed by atoms with Crippen molar-refractivity contribution in [3.8, 4) is 0 Å². The molecule has 23 heavy (non-hydrogen) atoms. The Bertz CT molecular complexity index is 595. The molecule has 6 heteroatoms. The Kier molecular flexibility index (Phi) is 5.36. The summed E-state index contributed by atoms with van der Waals surface area (Å²) in [6.07, 6.45) is 1.94. The molecular formula is C17H23BClNO3. The van der Waals surface area contributed by atoms with Gasteiger partial charge in [-0.3, -0.25) is 4.79 Å². The summed E-state index contributed by atoms with van der Waals surface area (Å²) in [4.78, 5) is 11.5. The molecule has 0 bridgehead atoms. The van der Waals surface area contributed by atoms with E-state index in [4.69, 9.17) is 26.6 Å². The zero-order valence-electron chi connectivity index (χ0n) is 14.1. The van der Waals surface area contributed by atoms with Crippen molar-refractivity contribution in [2.75, 3.05) is 12.4 Å². The summed E-state index contributed by atoms with van der Waals surface area (Å²) in [5.41, 5.74) is 7.47. The molecule has 1 aliphatic heterocycles. The van der Waals surface area contributed by atoms with E-state index in [1.165, 1.54) is 0 Å². The second-order valence-corrected chi connectivity index (χ2v) is 6.96. The van der Waals surface area contributed by atoms with E-state index in [2.05, 4.69) is 0 Å². The molecule has 4 nitrogen and oxygen atoms in total. The molecule has 0 unspecified atom stereocenters. The Morgan fingerprint density at radius 1 is 1.17 bits per heavy atom. The van der Waals surface area contributed by atoms with Crippen LogP contribution in [0.4, 0.5) is 0 Å². The third-order valence-corrected chi connectivity index (χ3v) is 4.74. The van der Waals surface area contributed by atoms with Crippen molar-refractivity contribution in [2.24, 2.45) is 5.73 Å². The molecule has 2 N–H and O–H groups in total. The third kappa shape index (κ3) is 3.86. The molecule has 2 rings (SSSR count). The minimum atomic E-state index is -0.464. The molecule has 0 radical (unpaired) electrons. The predicted octanol–water partition coefficient (Wildman–Crippen LogP) is 3.08. The maximum Gasteiger partial charge on any atom is 0.491 e. The standard InChI is InChI=1S/C17H23BClNO3/c1-16(2)17(3,4)23-18(22-16)14(11-20)9-12-5-7-13(8-6-12)15(21)10-19/h5-9H,10-11,20H2,1-4H3. The average Bonchev–Trinajstić information content (AvgIpc) is 2.72. The molecule has 0 atom stereocenters. The minimum Gasteiger partial charge on any atom is -0.400 e. The summed E-state index contributed by atoms with van der Waals surface area (Å²) in [6.45, 7) is 8.36. The van der Waals surface area contributed by atoms with Crippen LogP contribution in [0.2, 0.25) is 0 Å². The number of halogens is 1.